The maximum Gasteiger partial charge on any atom is 0.110 e. The van der Waals surface area contributed by atoms with Gasteiger partial charge in [0.2, 0.25) is 0 Å². The summed E-state index contributed by atoms with van der Waals surface area (Å²) < 4.78 is 1.68. The second-order valence-corrected chi connectivity index (χ2v) is 4.97. The highest BCUT2D eigenvalue weighted by atomic mass is 15.2. The zero-order chi connectivity index (χ0) is 13.1. The summed E-state index contributed by atoms with van der Waals surface area (Å²) in [6.07, 6.45) is 2.82. The number of nitrogens with zero attached hydrogens (tertiary/aromatic N) is 3. The summed E-state index contributed by atoms with van der Waals surface area (Å²) >= 11 is 0. The normalized spacial score (nSPS) is 10.6. The number of hydrogen-bond donors (Lipinski definition) is 0. The van der Waals surface area contributed by atoms with E-state index in [2.05, 4.69) is 37.1 Å². The van der Waals surface area contributed by atoms with Crippen LogP contribution in [0.4, 0.5) is 0 Å². The van der Waals surface area contributed by atoms with Gasteiger partial charge in [0, 0.05) is 18.8 Å². The molecule has 0 aliphatic carbocycles. The molecule has 0 N–H and O–H groups in total. The summed E-state index contributed by atoms with van der Waals surface area (Å²) in [5, 5.41) is 13.4. The summed E-state index contributed by atoms with van der Waals surface area (Å²) in [5.74, 6) is 0.653. The first kappa shape index (κ1) is 12.4. The Bertz CT molecular complexity index is 571. The van der Waals surface area contributed by atoms with Crippen molar-refractivity contribution in [1.82, 2.24) is 9.78 Å². The quantitative estimate of drug-likeness (QED) is 0.825. The van der Waals surface area contributed by atoms with Crippen molar-refractivity contribution in [3.63, 3.8) is 0 Å². The minimum absolute atomic E-state index is 0.620. The molecular weight excluding hydrogens is 222 g/mol. The molecule has 0 aliphatic heterocycles. The minimum atomic E-state index is 0.620. The smallest absolute Gasteiger partial charge is 0.110 e. The molecule has 0 atom stereocenters. The van der Waals surface area contributed by atoms with Gasteiger partial charge in [-0.25, -0.2) is 0 Å². The Hall–Kier alpha value is -2.08. The largest absolute Gasteiger partial charge is 0.274 e. The second-order valence-electron chi connectivity index (χ2n) is 4.97. The molecule has 0 fully saturated rings. The van der Waals surface area contributed by atoms with E-state index in [1.165, 1.54) is 5.56 Å². The van der Waals surface area contributed by atoms with E-state index in [-0.39, 0.29) is 0 Å². The average Bonchev–Trinajstić information content (AvgIpc) is 2.71. The first-order valence-electron chi connectivity index (χ1n) is 6.13. The van der Waals surface area contributed by atoms with Gasteiger partial charge in [-0.3, -0.25) is 4.68 Å². The number of rotatable bonds is 3. The fraction of sp³-hybridized carbons (Fsp3) is 0.333. The number of aromatic nitrogens is 2. The molecule has 0 saturated carbocycles. The molecule has 1 aromatic carbocycles. The van der Waals surface area contributed by atoms with Gasteiger partial charge in [0.15, 0.2) is 0 Å². The minimum Gasteiger partial charge on any atom is -0.274 e. The van der Waals surface area contributed by atoms with E-state index < -0.39 is 0 Å². The van der Waals surface area contributed by atoms with Crippen LogP contribution in [0.25, 0.3) is 11.3 Å². The lowest BCUT2D eigenvalue weighted by Crippen LogP contribution is -1.94. The van der Waals surface area contributed by atoms with Crippen LogP contribution in [-0.4, -0.2) is 9.78 Å². The lowest BCUT2D eigenvalue weighted by Gasteiger charge is -2.05. The first-order valence-corrected chi connectivity index (χ1v) is 6.13. The standard InChI is InChI=1S/C15H17N3/c1-11(2)8-12-4-6-13(7-5-12)15-14(9-16)10-18(3)17-15/h4-7,10-11H,8H2,1-3H3. The Morgan fingerprint density at radius 1 is 1.28 bits per heavy atom. The zero-order valence-corrected chi connectivity index (χ0v) is 11.0. The summed E-state index contributed by atoms with van der Waals surface area (Å²) in [7, 11) is 1.83. The molecule has 3 heteroatoms. The van der Waals surface area contributed by atoms with Crippen LogP contribution in [-0.2, 0) is 13.5 Å². The van der Waals surface area contributed by atoms with Gasteiger partial charge < -0.3 is 0 Å². The van der Waals surface area contributed by atoms with E-state index in [1.807, 2.05) is 19.2 Å². The van der Waals surface area contributed by atoms with Crippen LogP contribution in [0, 0.1) is 17.2 Å². The van der Waals surface area contributed by atoms with E-state index in [0.717, 1.165) is 17.7 Å². The van der Waals surface area contributed by atoms with Crippen molar-refractivity contribution < 1.29 is 0 Å². The van der Waals surface area contributed by atoms with E-state index in [1.54, 1.807) is 10.9 Å². The predicted molar refractivity (Wildman–Crippen MR) is 71.9 cm³/mol. The fourth-order valence-electron chi connectivity index (χ4n) is 2.05. The van der Waals surface area contributed by atoms with Crippen LogP contribution < -0.4 is 0 Å². The molecule has 18 heavy (non-hydrogen) atoms. The maximum atomic E-state index is 9.06. The van der Waals surface area contributed by atoms with Crippen LogP contribution in [0.1, 0.15) is 25.0 Å². The van der Waals surface area contributed by atoms with Crippen molar-refractivity contribution in [2.45, 2.75) is 20.3 Å². The van der Waals surface area contributed by atoms with E-state index in [4.69, 9.17) is 5.26 Å². The number of hydrogen-bond acceptors (Lipinski definition) is 2. The van der Waals surface area contributed by atoms with Gasteiger partial charge in [-0.2, -0.15) is 10.4 Å². The highest BCUT2D eigenvalue weighted by molar-refractivity contribution is 5.66. The molecule has 1 heterocycles. The number of benzene rings is 1. The van der Waals surface area contributed by atoms with Crippen LogP contribution in [0.15, 0.2) is 30.5 Å². The van der Waals surface area contributed by atoms with Crippen molar-refractivity contribution in [2.24, 2.45) is 13.0 Å². The summed E-state index contributed by atoms with van der Waals surface area (Å²) in [5.41, 5.74) is 3.70. The molecule has 0 unspecified atom stereocenters. The average molecular weight is 239 g/mol. The SMILES string of the molecule is CC(C)Cc1ccc(-c2nn(C)cc2C#N)cc1. The summed E-state index contributed by atoms with van der Waals surface area (Å²) in [4.78, 5) is 0. The third-order valence-corrected chi connectivity index (χ3v) is 2.82. The number of nitriles is 1. The van der Waals surface area contributed by atoms with Gasteiger partial charge in [0.25, 0.3) is 0 Å². The van der Waals surface area contributed by atoms with Gasteiger partial charge in [-0.15, -0.1) is 0 Å². The molecule has 2 aromatic rings. The predicted octanol–water partition coefficient (Wildman–Crippen LogP) is 3.16. The monoisotopic (exact) mass is 239 g/mol. The molecule has 1 aromatic heterocycles. The third-order valence-electron chi connectivity index (χ3n) is 2.82. The van der Waals surface area contributed by atoms with E-state index in [9.17, 15) is 0 Å². The van der Waals surface area contributed by atoms with Gasteiger partial charge >= 0.3 is 0 Å². The van der Waals surface area contributed by atoms with E-state index in [0.29, 0.717) is 11.5 Å². The lowest BCUT2D eigenvalue weighted by molar-refractivity contribution is 0.647. The third kappa shape index (κ3) is 2.60. The zero-order valence-electron chi connectivity index (χ0n) is 11.0. The van der Waals surface area contributed by atoms with Crippen LogP contribution in [0.5, 0.6) is 0 Å². The molecule has 0 bridgehead atoms. The van der Waals surface area contributed by atoms with Crippen LogP contribution in [0.3, 0.4) is 0 Å². The van der Waals surface area contributed by atoms with Gasteiger partial charge in [0.05, 0.1) is 5.56 Å². The summed E-state index contributed by atoms with van der Waals surface area (Å²) in [6, 6.07) is 10.5. The van der Waals surface area contributed by atoms with Crippen molar-refractivity contribution in [3.8, 4) is 17.3 Å². The lowest BCUT2D eigenvalue weighted by atomic mass is 10.0. The Labute approximate surface area is 108 Å². The van der Waals surface area contributed by atoms with Gasteiger partial charge in [-0.05, 0) is 17.9 Å². The molecule has 3 nitrogen and oxygen atoms in total. The van der Waals surface area contributed by atoms with Gasteiger partial charge in [-0.1, -0.05) is 38.1 Å². The highest BCUT2D eigenvalue weighted by Gasteiger charge is 2.09. The maximum absolute atomic E-state index is 9.06. The number of aryl methyl sites for hydroxylation is 1. The molecule has 2 rings (SSSR count). The van der Waals surface area contributed by atoms with Gasteiger partial charge in [0.1, 0.15) is 11.8 Å². The van der Waals surface area contributed by atoms with Crippen molar-refractivity contribution in [1.29, 1.82) is 5.26 Å². The molecule has 0 radical (unpaired) electrons. The molecule has 0 amide bonds. The fourth-order valence-corrected chi connectivity index (χ4v) is 2.05. The van der Waals surface area contributed by atoms with Crippen molar-refractivity contribution >= 4 is 0 Å². The van der Waals surface area contributed by atoms with E-state index >= 15 is 0 Å². The molecule has 0 saturated heterocycles. The van der Waals surface area contributed by atoms with Crippen molar-refractivity contribution in [3.05, 3.63) is 41.6 Å². The molecule has 0 spiro atoms. The molecule has 92 valence electrons. The Balaban J connectivity index is 2.32. The van der Waals surface area contributed by atoms with Crippen LogP contribution >= 0.6 is 0 Å². The van der Waals surface area contributed by atoms with Crippen LogP contribution in [0.2, 0.25) is 0 Å². The summed E-state index contributed by atoms with van der Waals surface area (Å²) in [6.45, 7) is 4.42. The Kier molecular flexibility index (Phi) is 3.47. The Morgan fingerprint density at radius 2 is 1.94 bits per heavy atom. The Morgan fingerprint density at radius 3 is 2.50 bits per heavy atom. The first-order chi connectivity index (χ1) is 8.60. The molecule has 0 aliphatic rings. The topological polar surface area (TPSA) is 41.6 Å². The highest BCUT2D eigenvalue weighted by Crippen LogP contribution is 2.22. The second kappa shape index (κ2) is 5.05. The molecular formula is C15H17N3. The van der Waals surface area contributed by atoms with Crippen molar-refractivity contribution in [2.75, 3.05) is 0 Å².